The van der Waals surface area contributed by atoms with E-state index in [1.807, 2.05) is 13.2 Å². The first-order valence-electron chi connectivity index (χ1n) is 4.65. The molecular weight excluding hydrogens is 226 g/mol. The zero-order valence-corrected chi connectivity index (χ0v) is 9.29. The van der Waals surface area contributed by atoms with Crippen molar-refractivity contribution in [1.82, 2.24) is 29.6 Å². The summed E-state index contributed by atoms with van der Waals surface area (Å²) in [5.74, 6) is 0. The molecular formula is C8H9N7S. The Balaban J connectivity index is 2.00. The highest BCUT2D eigenvalue weighted by molar-refractivity contribution is 7.16. The molecule has 3 heterocycles. The van der Waals surface area contributed by atoms with Crippen LogP contribution in [0.3, 0.4) is 0 Å². The van der Waals surface area contributed by atoms with Crippen LogP contribution in [-0.4, -0.2) is 29.6 Å². The van der Waals surface area contributed by atoms with Gasteiger partial charge in [0.15, 0.2) is 0 Å². The average Bonchev–Trinajstić information content (AvgIpc) is 2.89. The van der Waals surface area contributed by atoms with Crippen LogP contribution in [0.4, 0.5) is 0 Å². The van der Waals surface area contributed by atoms with Gasteiger partial charge in [-0.15, -0.1) is 10.2 Å². The fourth-order valence-electron chi connectivity index (χ4n) is 1.44. The lowest BCUT2D eigenvalue weighted by Gasteiger charge is -2.02. The van der Waals surface area contributed by atoms with Crippen molar-refractivity contribution in [1.29, 1.82) is 0 Å². The van der Waals surface area contributed by atoms with Crippen LogP contribution in [-0.2, 0) is 7.05 Å². The summed E-state index contributed by atoms with van der Waals surface area (Å²) in [6.45, 7) is 0. The fourth-order valence-corrected chi connectivity index (χ4v) is 2.29. The minimum absolute atomic E-state index is 0.264. The van der Waals surface area contributed by atoms with Gasteiger partial charge in [-0.05, 0) is 0 Å². The van der Waals surface area contributed by atoms with Gasteiger partial charge in [-0.2, -0.15) is 14.7 Å². The highest BCUT2D eigenvalue weighted by Crippen LogP contribution is 2.22. The number of nitrogens with two attached hydrogens (primary N) is 1. The van der Waals surface area contributed by atoms with E-state index >= 15 is 0 Å². The third-order valence-electron chi connectivity index (χ3n) is 2.25. The lowest BCUT2D eigenvalue weighted by atomic mass is 10.2. The molecule has 1 atom stereocenters. The van der Waals surface area contributed by atoms with E-state index in [4.69, 9.17) is 5.73 Å². The first-order valence-corrected chi connectivity index (χ1v) is 5.46. The third-order valence-corrected chi connectivity index (χ3v) is 3.25. The molecule has 3 rings (SSSR count). The summed E-state index contributed by atoms with van der Waals surface area (Å²) in [5.41, 5.74) is 7.02. The Labute approximate surface area is 94.5 Å². The SMILES string of the molecule is Cn1cc(C(N)c2nn3cnnc3s2)cn1. The second-order valence-corrected chi connectivity index (χ2v) is 4.41. The van der Waals surface area contributed by atoms with E-state index < -0.39 is 0 Å². The average molecular weight is 235 g/mol. The number of rotatable bonds is 2. The van der Waals surface area contributed by atoms with Gasteiger partial charge in [0.1, 0.15) is 11.3 Å². The van der Waals surface area contributed by atoms with E-state index in [1.54, 1.807) is 21.7 Å². The summed E-state index contributed by atoms with van der Waals surface area (Å²) in [4.78, 5) is 0.745. The van der Waals surface area contributed by atoms with Gasteiger partial charge < -0.3 is 5.73 Å². The largest absolute Gasteiger partial charge is 0.318 e. The molecule has 3 aromatic heterocycles. The molecule has 2 N–H and O–H groups in total. The molecule has 0 aromatic carbocycles. The maximum atomic E-state index is 6.09. The zero-order valence-electron chi connectivity index (χ0n) is 8.48. The molecule has 0 fully saturated rings. The molecule has 0 aliphatic carbocycles. The molecule has 0 spiro atoms. The normalized spacial score (nSPS) is 13.4. The van der Waals surface area contributed by atoms with Gasteiger partial charge in [0.25, 0.3) is 0 Å². The molecule has 0 aliphatic rings. The van der Waals surface area contributed by atoms with Crippen molar-refractivity contribution in [3.63, 3.8) is 0 Å². The first-order chi connectivity index (χ1) is 7.74. The van der Waals surface area contributed by atoms with Crippen LogP contribution in [0.15, 0.2) is 18.7 Å². The Bertz CT molecular complexity index is 592. The molecule has 0 saturated heterocycles. The van der Waals surface area contributed by atoms with Crippen molar-refractivity contribution in [3.05, 3.63) is 29.3 Å². The van der Waals surface area contributed by atoms with Crippen LogP contribution in [0.1, 0.15) is 16.6 Å². The number of nitrogens with zero attached hydrogens (tertiary/aromatic N) is 6. The molecule has 7 nitrogen and oxygen atoms in total. The third kappa shape index (κ3) is 1.39. The maximum Gasteiger partial charge on any atom is 0.234 e. The van der Waals surface area contributed by atoms with Crippen molar-refractivity contribution in [2.24, 2.45) is 12.8 Å². The molecule has 3 aromatic rings. The van der Waals surface area contributed by atoms with Gasteiger partial charge in [0.2, 0.25) is 4.96 Å². The number of hydrogen-bond acceptors (Lipinski definition) is 6. The Kier molecular flexibility index (Phi) is 1.98. The van der Waals surface area contributed by atoms with Crippen LogP contribution < -0.4 is 5.73 Å². The Morgan fingerprint density at radius 2 is 2.38 bits per heavy atom. The second-order valence-electron chi connectivity index (χ2n) is 3.42. The van der Waals surface area contributed by atoms with E-state index in [2.05, 4.69) is 20.4 Å². The minimum Gasteiger partial charge on any atom is -0.318 e. The van der Waals surface area contributed by atoms with Gasteiger partial charge in [-0.25, -0.2) is 0 Å². The smallest absolute Gasteiger partial charge is 0.234 e. The molecule has 0 amide bonds. The molecule has 1 unspecified atom stereocenters. The lowest BCUT2D eigenvalue weighted by Crippen LogP contribution is -2.11. The number of hydrogen-bond donors (Lipinski definition) is 1. The summed E-state index contributed by atoms with van der Waals surface area (Å²) in [7, 11) is 1.86. The highest BCUT2D eigenvalue weighted by Gasteiger charge is 2.16. The summed E-state index contributed by atoms with van der Waals surface area (Å²) >= 11 is 1.43. The Morgan fingerprint density at radius 3 is 3.06 bits per heavy atom. The maximum absolute atomic E-state index is 6.09. The van der Waals surface area contributed by atoms with E-state index in [9.17, 15) is 0 Å². The van der Waals surface area contributed by atoms with Gasteiger partial charge in [0.05, 0.1) is 12.2 Å². The molecule has 82 valence electrons. The molecule has 8 heteroatoms. The van der Waals surface area contributed by atoms with Crippen LogP contribution >= 0.6 is 11.3 Å². The predicted octanol–water partition coefficient (Wildman–Crippen LogP) is -0.0326. The molecule has 0 aliphatic heterocycles. The predicted molar refractivity (Wildman–Crippen MR) is 57.9 cm³/mol. The van der Waals surface area contributed by atoms with Crippen LogP contribution in [0.5, 0.6) is 0 Å². The van der Waals surface area contributed by atoms with Crippen LogP contribution in [0.25, 0.3) is 4.96 Å². The van der Waals surface area contributed by atoms with Gasteiger partial charge in [-0.3, -0.25) is 4.68 Å². The first kappa shape index (κ1) is 9.43. The number of fused-ring (bicyclic) bond motifs is 1. The standard InChI is InChI=1S/C8H9N7S/c1-14-3-5(2-11-14)6(9)7-13-15-4-10-12-8(15)16-7/h2-4,6H,9H2,1H3. The quantitative estimate of drug-likeness (QED) is 0.674. The number of aromatic nitrogens is 6. The highest BCUT2D eigenvalue weighted by atomic mass is 32.1. The molecule has 16 heavy (non-hydrogen) atoms. The topological polar surface area (TPSA) is 86.9 Å². The molecule has 0 radical (unpaired) electrons. The zero-order chi connectivity index (χ0) is 11.1. The Hall–Kier alpha value is -1.80. The molecule has 0 saturated carbocycles. The van der Waals surface area contributed by atoms with Gasteiger partial charge >= 0.3 is 0 Å². The van der Waals surface area contributed by atoms with E-state index in [1.165, 1.54) is 11.3 Å². The number of aryl methyl sites for hydroxylation is 1. The summed E-state index contributed by atoms with van der Waals surface area (Å²) in [6.07, 6.45) is 5.19. The van der Waals surface area contributed by atoms with Crippen molar-refractivity contribution in [2.45, 2.75) is 6.04 Å². The van der Waals surface area contributed by atoms with E-state index in [0.717, 1.165) is 15.5 Å². The monoisotopic (exact) mass is 235 g/mol. The minimum atomic E-state index is -0.264. The van der Waals surface area contributed by atoms with Crippen molar-refractivity contribution in [2.75, 3.05) is 0 Å². The van der Waals surface area contributed by atoms with Crippen molar-refractivity contribution < 1.29 is 0 Å². The van der Waals surface area contributed by atoms with Gasteiger partial charge in [0, 0.05) is 18.8 Å². The lowest BCUT2D eigenvalue weighted by molar-refractivity contribution is 0.762. The van der Waals surface area contributed by atoms with Crippen molar-refractivity contribution in [3.8, 4) is 0 Å². The van der Waals surface area contributed by atoms with Crippen LogP contribution in [0, 0.1) is 0 Å². The van der Waals surface area contributed by atoms with Crippen LogP contribution in [0.2, 0.25) is 0 Å². The fraction of sp³-hybridized carbons (Fsp3) is 0.250. The van der Waals surface area contributed by atoms with Crippen molar-refractivity contribution >= 4 is 16.3 Å². The summed E-state index contributed by atoms with van der Waals surface area (Å²) in [6, 6.07) is -0.264. The molecule has 0 bridgehead atoms. The summed E-state index contributed by atoms with van der Waals surface area (Å²) < 4.78 is 3.34. The van der Waals surface area contributed by atoms with E-state index in [0.29, 0.717) is 0 Å². The summed E-state index contributed by atoms with van der Waals surface area (Å²) in [5, 5.41) is 16.8. The Morgan fingerprint density at radius 1 is 1.50 bits per heavy atom. The van der Waals surface area contributed by atoms with E-state index in [-0.39, 0.29) is 6.04 Å². The second kappa shape index (κ2) is 3.35. The van der Waals surface area contributed by atoms with Gasteiger partial charge in [-0.1, -0.05) is 11.3 Å².